The first kappa shape index (κ1) is 23.2. The van der Waals surface area contributed by atoms with Crippen molar-refractivity contribution in [2.45, 2.75) is 40.2 Å². The van der Waals surface area contributed by atoms with E-state index in [4.69, 9.17) is 14.2 Å². The zero-order valence-corrected chi connectivity index (χ0v) is 17.7. The topological polar surface area (TPSA) is 113 Å². The smallest absolute Gasteiger partial charge is 0.355 e. The molecule has 0 aliphatic rings. The van der Waals surface area contributed by atoms with Gasteiger partial charge in [0.1, 0.15) is 24.8 Å². The number of esters is 1. The Balaban J connectivity index is 2.24. The van der Waals surface area contributed by atoms with E-state index in [2.05, 4.69) is 10.6 Å². The summed E-state index contributed by atoms with van der Waals surface area (Å²) in [5.41, 5.74) is 1.45. The second-order valence-electron chi connectivity index (χ2n) is 6.48. The van der Waals surface area contributed by atoms with Gasteiger partial charge in [-0.2, -0.15) is 0 Å². The number of rotatable bonds is 11. The molecule has 10 nitrogen and oxygen atoms in total. The Bertz CT molecular complexity index is 886. The second kappa shape index (κ2) is 11.2. The van der Waals surface area contributed by atoms with E-state index in [1.807, 2.05) is 6.92 Å². The lowest BCUT2D eigenvalue weighted by Crippen LogP contribution is -2.17. The van der Waals surface area contributed by atoms with Crippen LogP contribution in [0.5, 0.6) is 0 Å². The van der Waals surface area contributed by atoms with Crippen LogP contribution in [0.3, 0.4) is 0 Å². The van der Waals surface area contributed by atoms with E-state index in [1.165, 1.54) is 24.9 Å². The Hall–Kier alpha value is -3.11. The predicted octanol–water partition coefficient (Wildman–Crippen LogP) is 2.67. The largest absolute Gasteiger partial charge is 0.461 e. The highest BCUT2D eigenvalue weighted by molar-refractivity contribution is 6.05. The number of hydrogen-bond acceptors (Lipinski definition) is 6. The molecule has 0 aliphatic carbocycles. The summed E-state index contributed by atoms with van der Waals surface area (Å²) in [7, 11) is 3.01. The molecule has 0 aliphatic heterocycles. The van der Waals surface area contributed by atoms with Crippen molar-refractivity contribution in [3.8, 4) is 0 Å². The van der Waals surface area contributed by atoms with E-state index in [0.717, 1.165) is 6.42 Å². The van der Waals surface area contributed by atoms with Gasteiger partial charge in [-0.05, 0) is 25.5 Å². The van der Waals surface area contributed by atoms with Crippen LogP contribution in [0.15, 0.2) is 24.5 Å². The van der Waals surface area contributed by atoms with Crippen molar-refractivity contribution in [2.24, 2.45) is 0 Å². The predicted molar refractivity (Wildman–Crippen MR) is 110 cm³/mol. The van der Waals surface area contributed by atoms with Crippen LogP contribution >= 0.6 is 0 Å². The summed E-state index contributed by atoms with van der Waals surface area (Å²) in [6.07, 6.45) is 4.33. The van der Waals surface area contributed by atoms with Crippen LogP contribution in [-0.2, 0) is 32.5 Å². The molecule has 0 radical (unpaired) electrons. The van der Waals surface area contributed by atoms with E-state index in [-0.39, 0.29) is 31.7 Å². The van der Waals surface area contributed by atoms with Crippen molar-refractivity contribution in [2.75, 3.05) is 31.5 Å². The van der Waals surface area contributed by atoms with Gasteiger partial charge in [-0.3, -0.25) is 9.59 Å². The highest BCUT2D eigenvalue weighted by Gasteiger charge is 2.19. The van der Waals surface area contributed by atoms with Gasteiger partial charge in [0.15, 0.2) is 0 Å². The molecule has 2 heterocycles. The Morgan fingerprint density at radius 3 is 2.03 bits per heavy atom. The van der Waals surface area contributed by atoms with E-state index < -0.39 is 11.9 Å². The number of amides is 2. The zero-order valence-electron chi connectivity index (χ0n) is 17.7. The first-order chi connectivity index (χ1) is 14.4. The van der Waals surface area contributed by atoms with Crippen LogP contribution in [0.2, 0.25) is 0 Å². The number of nitrogens with one attached hydrogen (secondary N) is 2. The Morgan fingerprint density at radius 2 is 1.47 bits per heavy atom. The third-order valence-corrected chi connectivity index (χ3v) is 4.07. The quantitative estimate of drug-likeness (QED) is 0.541. The first-order valence-electron chi connectivity index (χ1n) is 9.59. The molecule has 0 unspecified atom stereocenters. The SMILES string of the molecule is CCCC(=O)Nc1cc(C(=O)Nc2cc(C(=O)OCC)n(COC)c2)n(COC)c1. The molecule has 164 valence electrons. The van der Waals surface area contributed by atoms with E-state index in [1.54, 1.807) is 30.0 Å². The minimum Gasteiger partial charge on any atom is -0.461 e. The maximum absolute atomic E-state index is 12.9. The Labute approximate surface area is 175 Å². The van der Waals surface area contributed by atoms with E-state index >= 15 is 0 Å². The summed E-state index contributed by atoms with van der Waals surface area (Å²) < 4.78 is 18.4. The molecule has 0 atom stereocenters. The zero-order chi connectivity index (χ0) is 22.1. The number of ether oxygens (including phenoxy) is 3. The first-order valence-corrected chi connectivity index (χ1v) is 9.59. The summed E-state index contributed by atoms with van der Waals surface area (Å²) in [4.78, 5) is 36.8. The lowest BCUT2D eigenvalue weighted by Gasteiger charge is -2.07. The fourth-order valence-electron chi connectivity index (χ4n) is 2.86. The molecule has 2 N–H and O–H groups in total. The average Bonchev–Trinajstić information content (AvgIpc) is 3.27. The molecular weight excluding hydrogens is 392 g/mol. The average molecular weight is 420 g/mol. The summed E-state index contributed by atoms with van der Waals surface area (Å²) in [6.45, 7) is 4.11. The van der Waals surface area contributed by atoms with Crippen molar-refractivity contribution >= 4 is 29.2 Å². The van der Waals surface area contributed by atoms with Crippen LogP contribution < -0.4 is 10.6 Å². The highest BCUT2D eigenvalue weighted by atomic mass is 16.5. The molecule has 2 aromatic rings. The molecule has 0 aromatic carbocycles. The molecule has 0 fully saturated rings. The minimum atomic E-state index is -0.515. The maximum atomic E-state index is 12.9. The number of hydrogen-bond donors (Lipinski definition) is 2. The van der Waals surface area contributed by atoms with Gasteiger partial charge in [0, 0.05) is 33.0 Å². The molecule has 0 bridgehead atoms. The molecule has 0 saturated heterocycles. The van der Waals surface area contributed by atoms with Crippen molar-refractivity contribution in [3.05, 3.63) is 35.9 Å². The van der Waals surface area contributed by atoms with Crippen LogP contribution in [0.1, 0.15) is 47.7 Å². The number of carbonyl (C=O) groups excluding carboxylic acids is 3. The van der Waals surface area contributed by atoms with Gasteiger partial charge in [0.2, 0.25) is 5.91 Å². The molecular formula is C20H28N4O6. The molecule has 10 heteroatoms. The lowest BCUT2D eigenvalue weighted by molar-refractivity contribution is -0.116. The van der Waals surface area contributed by atoms with Crippen molar-refractivity contribution in [1.82, 2.24) is 9.13 Å². The monoisotopic (exact) mass is 420 g/mol. The lowest BCUT2D eigenvalue weighted by atomic mass is 10.3. The van der Waals surface area contributed by atoms with Crippen LogP contribution in [-0.4, -0.2) is 47.7 Å². The van der Waals surface area contributed by atoms with Gasteiger partial charge < -0.3 is 34.0 Å². The molecule has 30 heavy (non-hydrogen) atoms. The van der Waals surface area contributed by atoms with Gasteiger partial charge in [0.05, 0.1) is 18.0 Å². The maximum Gasteiger partial charge on any atom is 0.355 e. The Morgan fingerprint density at radius 1 is 0.900 bits per heavy atom. The number of anilines is 2. The standard InChI is InChI=1S/C20H28N4O6/c1-5-7-18(25)21-14-8-16(23(10-14)12-28-3)19(26)22-15-9-17(20(27)30-6-2)24(11-15)13-29-4/h8-11H,5-7,12-13H2,1-4H3,(H,21,25)(H,22,26). The van der Waals surface area contributed by atoms with Crippen LogP contribution in [0.4, 0.5) is 11.4 Å². The Kier molecular flexibility index (Phi) is 8.63. The number of methoxy groups -OCH3 is 2. The van der Waals surface area contributed by atoms with Gasteiger partial charge in [0.25, 0.3) is 5.91 Å². The second-order valence-corrected chi connectivity index (χ2v) is 6.48. The summed E-state index contributed by atoms with van der Waals surface area (Å²) in [6, 6.07) is 3.09. The molecule has 2 amide bonds. The summed E-state index contributed by atoms with van der Waals surface area (Å²) in [5, 5.41) is 5.52. The van der Waals surface area contributed by atoms with Crippen molar-refractivity contribution in [1.29, 1.82) is 0 Å². The van der Waals surface area contributed by atoms with Crippen LogP contribution in [0, 0.1) is 0 Å². The molecule has 0 spiro atoms. The highest BCUT2D eigenvalue weighted by Crippen LogP contribution is 2.20. The van der Waals surface area contributed by atoms with E-state index in [0.29, 0.717) is 23.5 Å². The fraction of sp³-hybridized carbons (Fsp3) is 0.450. The third-order valence-electron chi connectivity index (χ3n) is 4.07. The number of carbonyl (C=O) groups is 3. The summed E-state index contributed by atoms with van der Waals surface area (Å²) >= 11 is 0. The van der Waals surface area contributed by atoms with Crippen molar-refractivity contribution in [3.63, 3.8) is 0 Å². The van der Waals surface area contributed by atoms with Crippen LogP contribution in [0.25, 0.3) is 0 Å². The normalized spacial score (nSPS) is 10.7. The summed E-state index contributed by atoms with van der Waals surface area (Å²) in [5.74, 6) is -1.07. The van der Waals surface area contributed by atoms with Gasteiger partial charge in [-0.1, -0.05) is 6.92 Å². The molecule has 2 rings (SSSR count). The number of aromatic nitrogens is 2. The van der Waals surface area contributed by atoms with Crippen molar-refractivity contribution < 1.29 is 28.6 Å². The van der Waals surface area contributed by atoms with E-state index in [9.17, 15) is 14.4 Å². The minimum absolute atomic E-state index is 0.123. The fourth-order valence-corrected chi connectivity index (χ4v) is 2.86. The number of nitrogens with zero attached hydrogens (tertiary/aromatic N) is 2. The third kappa shape index (κ3) is 5.94. The van der Waals surface area contributed by atoms with Gasteiger partial charge >= 0.3 is 5.97 Å². The molecule has 0 saturated carbocycles. The molecule has 2 aromatic heterocycles. The van der Waals surface area contributed by atoms with Gasteiger partial charge in [-0.15, -0.1) is 0 Å². The van der Waals surface area contributed by atoms with Gasteiger partial charge in [-0.25, -0.2) is 4.79 Å².